The molecule has 1 aromatic heterocycles. The lowest BCUT2D eigenvalue weighted by Crippen LogP contribution is -2.09. The number of thioether (sulfide) groups is 1. The van der Waals surface area contributed by atoms with E-state index in [9.17, 15) is 4.79 Å². The fourth-order valence-electron chi connectivity index (χ4n) is 3.02. The van der Waals surface area contributed by atoms with E-state index in [4.69, 9.17) is 28.2 Å². The van der Waals surface area contributed by atoms with Crippen molar-refractivity contribution in [1.29, 1.82) is 0 Å². The summed E-state index contributed by atoms with van der Waals surface area (Å²) in [4.78, 5) is 16.5. The van der Waals surface area contributed by atoms with Crippen LogP contribution in [0.15, 0.2) is 53.8 Å². The van der Waals surface area contributed by atoms with Crippen LogP contribution in [-0.4, -0.2) is 31.3 Å². The highest BCUT2D eigenvalue weighted by molar-refractivity contribution is 8.13. The highest BCUT2D eigenvalue weighted by Gasteiger charge is 2.27. The van der Waals surface area contributed by atoms with Crippen molar-refractivity contribution in [3.8, 4) is 5.69 Å². The average molecular weight is 417 g/mol. The maximum Gasteiger partial charge on any atom is 0.185 e. The Labute approximate surface area is 170 Å². The van der Waals surface area contributed by atoms with E-state index in [0.717, 1.165) is 22.5 Å². The van der Waals surface area contributed by atoms with Gasteiger partial charge in [0.25, 0.3) is 0 Å². The number of aliphatic imine (C=N–C) groups is 1. The molecule has 0 aliphatic carbocycles. The summed E-state index contributed by atoms with van der Waals surface area (Å²) in [5.41, 5.74) is 3.23. The molecule has 0 saturated carbocycles. The number of nitrogens with zero attached hydrogens (tertiary/aromatic N) is 4. The van der Waals surface area contributed by atoms with Crippen LogP contribution in [0.25, 0.3) is 5.69 Å². The Kier molecular flexibility index (Phi) is 5.04. The van der Waals surface area contributed by atoms with Gasteiger partial charge in [-0.05, 0) is 24.3 Å². The zero-order valence-electron chi connectivity index (χ0n) is 14.3. The first-order chi connectivity index (χ1) is 13.0. The summed E-state index contributed by atoms with van der Waals surface area (Å²) in [6, 6.07) is 12.8. The number of carbonyl (C=O) groups is 1. The third-order valence-corrected chi connectivity index (χ3v) is 5.66. The van der Waals surface area contributed by atoms with E-state index in [1.54, 1.807) is 13.3 Å². The predicted octanol–water partition coefficient (Wildman–Crippen LogP) is 4.75. The molecule has 1 aliphatic heterocycles. The minimum absolute atomic E-state index is 0.0281. The van der Waals surface area contributed by atoms with Gasteiger partial charge in [-0.15, -0.1) is 10.2 Å². The number of aromatic nitrogens is 3. The molecule has 5 nitrogen and oxygen atoms in total. The molecule has 0 N–H and O–H groups in total. The molecule has 2 aromatic carbocycles. The van der Waals surface area contributed by atoms with E-state index in [-0.39, 0.29) is 11.2 Å². The molecule has 1 atom stereocenters. The predicted molar refractivity (Wildman–Crippen MR) is 109 cm³/mol. The number of rotatable bonds is 3. The van der Waals surface area contributed by atoms with E-state index in [0.29, 0.717) is 21.6 Å². The van der Waals surface area contributed by atoms with Gasteiger partial charge in [-0.2, -0.15) is 0 Å². The zero-order chi connectivity index (χ0) is 19.0. The highest BCUT2D eigenvalue weighted by Crippen LogP contribution is 2.34. The van der Waals surface area contributed by atoms with Gasteiger partial charge in [-0.3, -0.25) is 14.4 Å². The second-order valence-corrected chi connectivity index (χ2v) is 8.04. The normalized spacial score (nSPS) is 15.5. The fourth-order valence-corrected chi connectivity index (χ4v) is 4.04. The molecule has 0 spiro atoms. The van der Waals surface area contributed by atoms with Gasteiger partial charge in [0.05, 0.1) is 11.4 Å². The number of benzene rings is 2. The second-order valence-electron chi connectivity index (χ2n) is 6.00. The summed E-state index contributed by atoms with van der Waals surface area (Å²) in [6.45, 7) is 1.54. The summed E-state index contributed by atoms with van der Waals surface area (Å²) in [5, 5.41) is 9.53. The smallest absolute Gasteiger partial charge is 0.185 e. The third kappa shape index (κ3) is 3.52. The van der Waals surface area contributed by atoms with E-state index >= 15 is 0 Å². The average Bonchev–Trinajstić information content (AvgIpc) is 3.08. The first-order valence-corrected chi connectivity index (χ1v) is 9.95. The van der Waals surface area contributed by atoms with Crippen molar-refractivity contribution in [1.82, 2.24) is 14.8 Å². The Balaban J connectivity index is 1.96. The Morgan fingerprint density at radius 1 is 1.19 bits per heavy atom. The van der Waals surface area contributed by atoms with Crippen LogP contribution in [0.1, 0.15) is 29.9 Å². The first kappa shape index (κ1) is 18.2. The van der Waals surface area contributed by atoms with Gasteiger partial charge in [0.2, 0.25) is 0 Å². The number of fused-ring (bicyclic) bond motifs is 3. The summed E-state index contributed by atoms with van der Waals surface area (Å²) in [7, 11) is 0. The van der Waals surface area contributed by atoms with Crippen molar-refractivity contribution in [3.05, 3.63) is 75.8 Å². The van der Waals surface area contributed by atoms with Crippen molar-refractivity contribution in [2.75, 3.05) is 5.75 Å². The molecule has 0 amide bonds. The Bertz CT molecular complexity index is 1060. The lowest BCUT2D eigenvalue weighted by molar-refractivity contribution is -0.109. The van der Waals surface area contributed by atoms with Crippen molar-refractivity contribution < 1.29 is 4.79 Å². The topological polar surface area (TPSA) is 60.1 Å². The van der Waals surface area contributed by atoms with Gasteiger partial charge >= 0.3 is 0 Å². The Morgan fingerprint density at radius 2 is 2.00 bits per heavy atom. The van der Waals surface area contributed by atoms with Gasteiger partial charge < -0.3 is 0 Å². The third-order valence-electron chi connectivity index (χ3n) is 4.20. The van der Waals surface area contributed by atoms with Crippen molar-refractivity contribution in [3.63, 3.8) is 0 Å². The molecule has 0 saturated heterocycles. The zero-order valence-corrected chi connectivity index (χ0v) is 16.6. The van der Waals surface area contributed by atoms with Crippen LogP contribution in [0, 0.1) is 0 Å². The van der Waals surface area contributed by atoms with E-state index in [2.05, 4.69) is 10.2 Å². The first-order valence-electron chi connectivity index (χ1n) is 8.21. The number of halogens is 2. The lowest BCUT2D eigenvalue weighted by Gasteiger charge is -2.12. The van der Waals surface area contributed by atoms with Gasteiger partial charge in [-0.25, -0.2) is 0 Å². The fraction of sp³-hybridized carbons (Fsp3) is 0.158. The summed E-state index contributed by atoms with van der Waals surface area (Å²) in [5.74, 6) is 1.14. The van der Waals surface area contributed by atoms with Gasteiger partial charge in [0.15, 0.2) is 10.9 Å². The molecule has 0 bridgehead atoms. The van der Waals surface area contributed by atoms with Crippen LogP contribution >= 0.6 is 35.0 Å². The van der Waals surface area contributed by atoms with Gasteiger partial charge in [-0.1, -0.05) is 53.2 Å². The summed E-state index contributed by atoms with van der Waals surface area (Å²) >= 11 is 14.0. The molecule has 136 valence electrons. The van der Waals surface area contributed by atoms with E-state index in [1.165, 1.54) is 11.8 Å². The molecule has 8 heteroatoms. The van der Waals surface area contributed by atoms with Crippen molar-refractivity contribution in [2.45, 2.75) is 13.0 Å². The van der Waals surface area contributed by atoms with Crippen molar-refractivity contribution >= 4 is 45.8 Å². The molecular formula is C19H14Cl2N4OS. The number of hydrogen-bond acceptors (Lipinski definition) is 5. The molecule has 1 unspecified atom stereocenters. The van der Waals surface area contributed by atoms with Crippen molar-refractivity contribution in [2.24, 2.45) is 4.99 Å². The monoisotopic (exact) mass is 416 g/mol. The maximum absolute atomic E-state index is 11.5. The van der Waals surface area contributed by atoms with E-state index < -0.39 is 0 Å². The maximum atomic E-state index is 11.5. The summed E-state index contributed by atoms with van der Waals surface area (Å²) in [6.07, 6.45) is 1.65. The molecule has 0 radical (unpaired) electrons. The van der Waals surface area contributed by atoms with Crippen LogP contribution in [0.3, 0.4) is 0 Å². The number of carbonyl (C=O) groups excluding carboxylic acids is 1. The minimum atomic E-state index is -0.348. The highest BCUT2D eigenvalue weighted by atomic mass is 35.5. The molecule has 2 heterocycles. The Hall–Kier alpha value is -2.15. The molecule has 1 aliphatic rings. The molecule has 4 rings (SSSR count). The molecule has 3 aromatic rings. The van der Waals surface area contributed by atoms with Crippen LogP contribution in [0.5, 0.6) is 0 Å². The van der Waals surface area contributed by atoms with Gasteiger partial charge in [0.1, 0.15) is 12.4 Å². The van der Waals surface area contributed by atoms with Crippen LogP contribution in [-0.2, 0) is 4.79 Å². The van der Waals surface area contributed by atoms with Crippen LogP contribution in [0.2, 0.25) is 10.0 Å². The van der Waals surface area contributed by atoms with Crippen LogP contribution in [0.4, 0.5) is 0 Å². The molecule has 27 heavy (non-hydrogen) atoms. The standard InChI is InChI=1S/C19H14Cl2N4OS/c1-11(26)27-9-16-19-24-22-10-25(19)17-7-6-12(20)8-14(17)18(23-16)13-4-2-3-5-15(13)21/h2-8,10,16H,9H2,1H3. The second kappa shape index (κ2) is 7.46. The Morgan fingerprint density at radius 3 is 2.78 bits per heavy atom. The largest absolute Gasteiger partial charge is 0.288 e. The molecular weight excluding hydrogens is 403 g/mol. The minimum Gasteiger partial charge on any atom is -0.288 e. The number of hydrogen-bond donors (Lipinski definition) is 0. The SMILES string of the molecule is CC(=O)SCC1N=C(c2ccccc2Cl)c2cc(Cl)ccc2-n2cnnc21. The quantitative estimate of drug-likeness (QED) is 0.617. The van der Waals surface area contributed by atoms with Crippen LogP contribution < -0.4 is 0 Å². The summed E-state index contributed by atoms with van der Waals surface area (Å²) < 4.78 is 1.89. The van der Waals surface area contributed by atoms with Gasteiger partial charge in [0, 0.05) is 33.8 Å². The lowest BCUT2D eigenvalue weighted by atomic mass is 10.0. The molecule has 0 fully saturated rings. The van der Waals surface area contributed by atoms with E-state index in [1.807, 2.05) is 47.0 Å².